The average molecular weight is 172 g/mol. The molecule has 4 nitrogen and oxygen atoms in total. The van der Waals surface area contributed by atoms with Gasteiger partial charge in [0.25, 0.3) is 0 Å². The van der Waals surface area contributed by atoms with Crippen molar-refractivity contribution in [3.63, 3.8) is 0 Å². The molecular weight excluding hydrogens is 160 g/mol. The van der Waals surface area contributed by atoms with Gasteiger partial charge < -0.3 is 9.47 Å². The maximum atomic E-state index is 11.1. The van der Waals surface area contributed by atoms with Gasteiger partial charge in [-0.2, -0.15) is 0 Å². The molecule has 1 aliphatic heterocycles. The lowest BCUT2D eigenvalue weighted by molar-refractivity contribution is -0.157. The first kappa shape index (κ1) is 9.19. The van der Waals surface area contributed by atoms with Crippen LogP contribution in [0, 0.1) is 5.92 Å². The Hall–Kier alpha value is -0.900. The Labute approximate surface area is 70.8 Å². The summed E-state index contributed by atoms with van der Waals surface area (Å²) in [4.78, 5) is 22.2. The maximum Gasteiger partial charge on any atom is 0.318 e. The molecule has 4 heteroatoms. The molecule has 0 unspecified atom stereocenters. The lowest BCUT2D eigenvalue weighted by Crippen LogP contribution is -2.35. The lowest BCUT2D eigenvalue weighted by atomic mass is 10.0. The van der Waals surface area contributed by atoms with Gasteiger partial charge in [0.15, 0.2) is 5.78 Å². The van der Waals surface area contributed by atoms with E-state index in [1.54, 1.807) is 6.92 Å². The summed E-state index contributed by atoms with van der Waals surface area (Å²) in [5.74, 6) is -1.21. The van der Waals surface area contributed by atoms with Crippen molar-refractivity contribution in [1.82, 2.24) is 0 Å². The van der Waals surface area contributed by atoms with Gasteiger partial charge in [-0.05, 0) is 6.92 Å². The normalized spacial score (nSPS) is 23.8. The Morgan fingerprint density at radius 2 is 2.50 bits per heavy atom. The van der Waals surface area contributed by atoms with Crippen molar-refractivity contribution in [2.45, 2.75) is 13.3 Å². The van der Waals surface area contributed by atoms with Gasteiger partial charge >= 0.3 is 5.97 Å². The monoisotopic (exact) mass is 172 g/mol. The highest BCUT2D eigenvalue weighted by Crippen LogP contribution is 2.11. The summed E-state index contributed by atoms with van der Waals surface area (Å²) in [6.07, 6.45) is 0.323. The number of Topliss-reactive ketones (excluding diaryl/α,β-unsaturated/α-hetero) is 1. The Morgan fingerprint density at radius 1 is 1.75 bits per heavy atom. The van der Waals surface area contributed by atoms with E-state index >= 15 is 0 Å². The molecule has 0 radical (unpaired) electrons. The van der Waals surface area contributed by atoms with Crippen LogP contribution in [0.4, 0.5) is 0 Å². The number of carbonyl (C=O) groups excluding carboxylic acids is 2. The molecule has 12 heavy (non-hydrogen) atoms. The van der Waals surface area contributed by atoms with Gasteiger partial charge in [0.1, 0.15) is 5.92 Å². The highest BCUT2D eigenvalue weighted by atomic mass is 16.5. The molecule has 0 aromatic rings. The minimum absolute atomic E-state index is 0.0697. The standard InChI is InChI=1S/C8H12O4/c1-2-12-8(10)6-5-11-4-3-7(6)9/h6H,2-5H2,1H3/t6-/m0/s1. The number of ether oxygens (including phenoxy) is 2. The number of ketones is 1. The number of esters is 1. The van der Waals surface area contributed by atoms with Crippen LogP contribution in [0.1, 0.15) is 13.3 Å². The SMILES string of the molecule is CCOC(=O)[C@H]1COCCC1=O. The Morgan fingerprint density at radius 3 is 3.08 bits per heavy atom. The number of hydrogen-bond donors (Lipinski definition) is 0. The van der Waals surface area contributed by atoms with Crippen molar-refractivity contribution < 1.29 is 19.1 Å². The molecule has 0 saturated carbocycles. The van der Waals surface area contributed by atoms with Gasteiger partial charge in [-0.15, -0.1) is 0 Å². The van der Waals surface area contributed by atoms with Crippen molar-refractivity contribution in [3.8, 4) is 0 Å². The van der Waals surface area contributed by atoms with Gasteiger partial charge in [-0.25, -0.2) is 0 Å². The topological polar surface area (TPSA) is 52.6 Å². The third-order valence-corrected chi connectivity index (χ3v) is 1.74. The molecule has 1 atom stereocenters. The summed E-state index contributed by atoms with van der Waals surface area (Å²) in [6.45, 7) is 2.63. The van der Waals surface area contributed by atoms with E-state index in [1.807, 2.05) is 0 Å². The highest BCUT2D eigenvalue weighted by molar-refractivity contribution is 5.99. The van der Waals surface area contributed by atoms with E-state index < -0.39 is 11.9 Å². The van der Waals surface area contributed by atoms with Crippen LogP contribution in [0.3, 0.4) is 0 Å². The third kappa shape index (κ3) is 2.04. The Balaban J connectivity index is 2.48. The van der Waals surface area contributed by atoms with Crippen LogP contribution in [0.15, 0.2) is 0 Å². The first-order chi connectivity index (χ1) is 5.75. The molecule has 1 saturated heterocycles. The molecule has 0 aromatic carbocycles. The second-order valence-corrected chi connectivity index (χ2v) is 2.60. The molecule has 0 spiro atoms. The zero-order valence-electron chi connectivity index (χ0n) is 7.04. The fourth-order valence-corrected chi connectivity index (χ4v) is 1.08. The zero-order valence-corrected chi connectivity index (χ0v) is 7.04. The molecule has 1 heterocycles. The first-order valence-corrected chi connectivity index (χ1v) is 4.02. The number of carbonyl (C=O) groups is 2. The number of rotatable bonds is 2. The van der Waals surface area contributed by atoms with Crippen LogP contribution in [0.25, 0.3) is 0 Å². The Bertz CT molecular complexity index is 187. The second kappa shape index (κ2) is 4.21. The Kier molecular flexibility index (Phi) is 3.22. The predicted octanol–water partition coefficient (Wildman–Crippen LogP) is 0.155. The van der Waals surface area contributed by atoms with Crippen molar-refractivity contribution in [2.75, 3.05) is 19.8 Å². The van der Waals surface area contributed by atoms with Gasteiger partial charge in [0, 0.05) is 6.42 Å². The minimum atomic E-state index is -0.682. The van der Waals surface area contributed by atoms with E-state index in [0.29, 0.717) is 19.6 Å². The van der Waals surface area contributed by atoms with E-state index in [2.05, 4.69) is 0 Å². The second-order valence-electron chi connectivity index (χ2n) is 2.60. The van der Waals surface area contributed by atoms with Gasteiger partial charge in [-0.3, -0.25) is 9.59 Å². The summed E-state index contributed by atoms with van der Waals surface area (Å²) in [6, 6.07) is 0. The minimum Gasteiger partial charge on any atom is -0.465 e. The number of hydrogen-bond acceptors (Lipinski definition) is 4. The zero-order chi connectivity index (χ0) is 8.97. The summed E-state index contributed by atoms with van der Waals surface area (Å²) in [5.41, 5.74) is 0. The molecule has 1 rings (SSSR count). The van der Waals surface area contributed by atoms with Crippen molar-refractivity contribution in [2.24, 2.45) is 5.92 Å². The molecule has 0 bridgehead atoms. The van der Waals surface area contributed by atoms with Crippen LogP contribution in [0.5, 0.6) is 0 Å². The van der Waals surface area contributed by atoms with E-state index in [4.69, 9.17) is 9.47 Å². The van der Waals surface area contributed by atoms with Crippen molar-refractivity contribution in [3.05, 3.63) is 0 Å². The lowest BCUT2D eigenvalue weighted by Gasteiger charge is -2.18. The maximum absolute atomic E-state index is 11.1. The molecular formula is C8H12O4. The summed E-state index contributed by atoms with van der Waals surface area (Å²) < 4.78 is 9.71. The quantitative estimate of drug-likeness (QED) is 0.439. The van der Waals surface area contributed by atoms with E-state index in [0.717, 1.165) is 0 Å². The van der Waals surface area contributed by atoms with Crippen LogP contribution < -0.4 is 0 Å². The molecule has 0 aromatic heterocycles. The fourth-order valence-electron chi connectivity index (χ4n) is 1.08. The molecule has 0 aliphatic carbocycles. The largest absolute Gasteiger partial charge is 0.465 e. The van der Waals surface area contributed by atoms with E-state index in [9.17, 15) is 9.59 Å². The van der Waals surface area contributed by atoms with Crippen LogP contribution >= 0.6 is 0 Å². The summed E-state index contributed by atoms with van der Waals surface area (Å²) in [7, 11) is 0. The highest BCUT2D eigenvalue weighted by Gasteiger charge is 2.30. The van der Waals surface area contributed by atoms with Crippen LogP contribution in [-0.2, 0) is 19.1 Å². The molecule has 1 fully saturated rings. The average Bonchev–Trinajstić information content (AvgIpc) is 2.05. The van der Waals surface area contributed by atoms with Gasteiger partial charge in [0.05, 0.1) is 19.8 Å². The van der Waals surface area contributed by atoms with Gasteiger partial charge in [0.2, 0.25) is 0 Å². The summed E-state index contributed by atoms with van der Waals surface area (Å²) in [5, 5.41) is 0. The molecule has 0 amide bonds. The fraction of sp³-hybridized carbons (Fsp3) is 0.750. The van der Waals surface area contributed by atoms with E-state index in [1.165, 1.54) is 0 Å². The van der Waals surface area contributed by atoms with Crippen molar-refractivity contribution in [1.29, 1.82) is 0 Å². The smallest absolute Gasteiger partial charge is 0.318 e. The van der Waals surface area contributed by atoms with Crippen LogP contribution in [0.2, 0.25) is 0 Å². The predicted molar refractivity (Wildman–Crippen MR) is 40.6 cm³/mol. The third-order valence-electron chi connectivity index (χ3n) is 1.74. The van der Waals surface area contributed by atoms with Crippen molar-refractivity contribution >= 4 is 11.8 Å². The molecule has 68 valence electrons. The summed E-state index contributed by atoms with van der Waals surface area (Å²) >= 11 is 0. The van der Waals surface area contributed by atoms with E-state index in [-0.39, 0.29) is 12.4 Å². The van der Waals surface area contributed by atoms with Crippen LogP contribution in [-0.4, -0.2) is 31.6 Å². The van der Waals surface area contributed by atoms with Gasteiger partial charge in [-0.1, -0.05) is 0 Å². The first-order valence-electron chi connectivity index (χ1n) is 4.02. The molecule has 0 N–H and O–H groups in total. The molecule has 1 aliphatic rings.